The molecule has 0 saturated heterocycles. The fourth-order valence-corrected chi connectivity index (χ4v) is 3.35. The molecule has 0 N–H and O–H groups in total. The summed E-state index contributed by atoms with van der Waals surface area (Å²) in [6, 6.07) is 4.95. The van der Waals surface area contributed by atoms with Crippen LogP contribution >= 0.6 is 11.6 Å². The van der Waals surface area contributed by atoms with E-state index < -0.39 is 23.6 Å². The van der Waals surface area contributed by atoms with Crippen LogP contribution in [0.2, 0.25) is 5.15 Å². The maximum absolute atomic E-state index is 14.8. The van der Waals surface area contributed by atoms with Gasteiger partial charge >= 0.3 is 5.97 Å². The molecule has 3 aromatic heterocycles. The molecule has 0 saturated carbocycles. The number of nitrogens with zero attached hydrogens (tertiary/aromatic N) is 4. The minimum absolute atomic E-state index is 0.0352. The summed E-state index contributed by atoms with van der Waals surface area (Å²) in [4.78, 5) is 16.0. The Kier molecular flexibility index (Phi) is 4.54. The Balaban J connectivity index is 2.00. The number of hydrogen-bond acceptors (Lipinski definition) is 4. The second-order valence-corrected chi connectivity index (χ2v) is 6.54. The lowest BCUT2D eigenvalue weighted by molar-refractivity contribution is 0.0600. The Hall–Kier alpha value is -3.33. The largest absolute Gasteiger partial charge is 0.465 e. The van der Waals surface area contributed by atoms with Crippen molar-refractivity contribution in [3.05, 3.63) is 65.0 Å². The summed E-state index contributed by atoms with van der Waals surface area (Å²) in [7, 11) is 2.73. The minimum atomic E-state index is -1.23. The predicted octanol–water partition coefficient (Wildman–Crippen LogP) is 4.26. The van der Waals surface area contributed by atoms with Crippen LogP contribution in [0, 0.1) is 17.6 Å². The Morgan fingerprint density at radius 3 is 2.59 bits per heavy atom. The third-order valence-corrected chi connectivity index (χ3v) is 4.76. The maximum atomic E-state index is 14.8. The van der Waals surface area contributed by atoms with Crippen molar-refractivity contribution < 1.29 is 22.7 Å². The van der Waals surface area contributed by atoms with Crippen molar-refractivity contribution in [2.45, 2.75) is 0 Å². The molecule has 0 unspecified atom stereocenters. The number of halogens is 4. The third kappa shape index (κ3) is 3.03. The predicted molar refractivity (Wildman–Crippen MR) is 99.1 cm³/mol. The van der Waals surface area contributed by atoms with E-state index in [1.807, 2.05) is 0 Å². The lowest BCUT2D eigenvalue weighted by Crippen LogP contribution is -2.01. The number of rotatable bonds is 3. The zero-order valence-electron chi connectivity index (χ0n) is 15.1. The van der Waals surface area contributed by atoms with Gasteiger partial charge in [-0.05, 0) is 18.2 Å². The molecule has 29 heavy (non-hydrogen) atoms. The van der Waals surface area contributed by atoms with E-state index in [0.717, 1.165) is 6.07 Å². The van der Waals surface area contributed by atoms with Gasteiger partial charge in [-0.2, -0.15) is 4.39 Å². The highest BCUT2D eigenvalue weighted by Crippen LogP contribution is 2.39. The molecule has 0 aliphatic rings. The van der Waals surface area contributed by atoms with Gasteiger partial charge < -0.3 is 4.74 Å². The lowest BCUT2D eigenvalue weighted by atomic mass is 9.99. The van der Waals surface area contributed by atoms with Crippen LogP contribution in [0.15, 0.2) is 36.7 Å². The first-order valence-corrected chi connectivity index (χ1v) is 8.63. The Morgan fingerprint density at radius 2 is 1.93 bits per heavy atom. The first-order valence-electron chi connectivity index (χ1n) is 8.25. The summed E-state index contributed by atoms with van der Waals surface area (Å²) >= 11 is 6.37. The van der Waals surface area contributed by atoms with Crippen LogP contribution in [0.5, 0.6) is 0 Å². The molecule has 6 nitrogen and oxygen atoms in total. The molecule has 0 aliphatic carbocycles. The first-order chi connectivity index (χ1) is 13.8. The van der Waals surface area contributed by atoms with Gasteiger partial charge in [0, 0.05) is 25.0 Å². The molecule has 0 spiro atoms. The van der Waals surface area contributed by atoms with Crippen molar-refractivity contribution >= 4 is 23.2 Å². The van der Waals surface area contributed by atoms with Gasteiger partial charge in [0.2, 0.25) is 5.95 Å². The average molecular weight is 421 g/mol. The molecule has 0 bridgehead atoms. The molecule has 4 aromatic rings. The summed E-state index contributed by atoms with van der Waals surface area (Å²) in [5.41, 5.74) is -0.0208. The summed E-state index contributed by atoms with van der Waals surface area (Å²) < 4.78 is 50.4. The number of aromatic nitrogens is 4. The summed E-state index contributed by atoms with van der Waals surface area (Å²) in [5, 5.41) is 3.57. The van der Waals surface area contributed by atoms with Gasteiger partial charge in [0.05, 0.1) is 23.8 Å². The number of ether oxygens (including phenoxy) is 1. The normalized spacial score (nSPS) is 11.2. The van der Waals surface area contributed by atoms with Crippen molar-refractivity contribution in [2.24, 2.45) is 7.05 Å². The van der Waals surface area contributed by atoms with Crippen LogP contribution in [0.1, 0.15) is 10.4 Å². The van der Waals surface area contributed by atoms with Crippen LogP contribution in [-0.2, 0) is 11.8 Å². The second kappa shape index (κ2) is 6.93. The molecule has 0 atom stereocenters. The standard InChI is InChI=1S/C19H12ClF3N4O2/c1-26-8-11(18(23)25-26)10-3-4-12(21)15(22)14(10)16-17(20)27-6-5-9(19(28)29-2)7-13(27)24-16/h3-8H,1-2H3. The molecule has 10 heteroatoms. The van der Waals surface area contributed by atoms with Crippen molar-refractivity contribution in [3.8, 4) is 22.4 Å². The van der Waals surface area contributed by atoms with E-state index in [0.29, 0.717) is 0 Å². The lowest BCUT2D eigenvalue weighted by Gasteiger charge is -2.09. The summed E-state index contributed by atoms with van der Waals surface area (Å²) in [5.74, 6) is -3.82. The first kappa shape index (κ1) is 19.0. The van der Waals surface area contributed by atoms with Gasteiger partial charge in [0.25, 0.3) is 0 Å². The topological polar surface area (TPSA) is 61.4 Å². The minimum Gasteiger partial charge on any atom is -0.465 e. The van der Waals surface area contributed by atoms with Crippen molar-refractivity contribution in [1.82, 2.24) is 19.2 Å². The number of methoxy groups -OCH3 is 1. The number of benzene rings is 1. The molecule has 1 aromatic carbocycles. The highest BCUT2D eigenvalue weighted by Gasteiger charge is 2.25. The van der Waals surface area contributed by atoms with Crippen LogP contribution < -0.4 is 0 Å². The molecule has 4 rings (SSSR count). The zero-order valence-corrected chi connectivity index (χ0v) is 15.8. The maximum Gasteiger partial charge on any atom is 0.338 e. The van der Waals surface area contributed by atoms with Crippen LogP contribution in [0.3, 0.4) is 0 Å². The third-order valence-electron chi connectivity index (χ3n) is 4.39. The quantitative estimate of drug-likeness (QED) is 0.465. The molecule has 0 aliphatic heterocycles. The summed E-state index contributed by atoms with van der Waals surface area (Å²) in [6.45, 7) is 0. The van der Waals surface area contributed by atoms with E-state index in [1.54, 1.807) is 0 Å². The molecule has 0 amide bonds. The van der Waals surface area contributed by atoms with Gasteiger partial charge in [0.1, 0.15) is 16.5 Å². The van der Waals surface area contributed by atoms with E-state index in [2.05, 4.69) is 14.8 Å². The number of aryl methyl sites for hydroxylation is 1. The number of hydrogen-bond donors (Lipinski definition) is 0. The van der Waals surface area contributed by atoms with E-state index in [-0.39, 0.29) is 38.7 Å². The molecule has 0 fully saturated rings. The smallest absolute Gasteiger partial charge is 0.338 e. The number of carbonyl (C=O) groups is 1. The van der Waals surface area contributed by atoms with Gasteiger partial charge in [-0.1, -0.05) is 17.7 Å². The van der Waals surface area contributed by atoms with Crippen LogP contribution in [0.4, 0.5) is 13.2 Å². The fraction of sp³-hybridized carbons (Fsp3) is 0.105. The molecule has 0 radical (unpaired) electrons. The van der Waals surface area contributed by atoms with Gasteiger partial charge in [-0.25, -0.2) is 18.6 Å². The SMILES string of the molecule is COC(=O)c1ccn2c(Cl)c(-c3c(-c4cn(C)nc4F)ccc(F)c3F)nc2c1. The number of imidazole rings is 1. The van der Waals surface area contributed by atoms with E-state index in [1.165, 1.54) is 53.8 Å². The number of pyridine rings is 1. The van der Waals surface area contributed by atoms with Crippen molar-refractivity contribution in [2.75, 3.05) is 7.11 Å². The number of carbonyl (C=O) groups excluding carboxylic acids is 1. The Bertz CT molecular complexity index is 1280. The zero-order chi connectivity index (χ0) is 20.9. The van der Waals surface area contributed by atoms with E-state index in [4.69, 9.17) is 11.6 Å². The van der Waals surface area contributed by atoms with Crippen molar-refractivity contribution in [3.63, 3.8) is 0 Å². The van der Waals surface area contributed by atoms with Gasteiger partial charge in [-0.15, -0.1) is 5.10 Å². The Labute approximate surface area is 167 Å². The van der Waals surface area contributed by atoms with E-state index >= 15 is 0 Å². The highest BCUT2D eigenvalue weighted by atomic mass is 35.5. The monoisotopic (exact) mass is 420 g/mol. The number of fused-ring (bicyclic) bond motifs is 1. The number of esters is 1. The van der Waals surface area contributed by atoms with Gasteiger partial charge in [-0.3, -0.25) is 9.08 Å². The Morgan fingerprint density at radius 1 is 1.17 bits per heavy atom. The van der Waals surface area contributed by atoms with E-state index in [9.17, 15) is 18.0 Å². The molecule has 3 heterocycles. The van der Waals surface area contributed by atoms with Crippen LogP contribution in [0.25, 0.3) is 28.0 Å². The highest BCUT2D eigenvalue weighted by molar-refractivity contribution is 6.32. The van der Waals surface area contributed by atoms with Crippen molar-refractivity contribution in [1.29, 1.82) is 0 Å². The summed E-state index contributed by atoms with van der Waals surface area (Å²) in [6.07, 6.45) is 2.78. The average Bonchev–Trinajstić information content (AvgIpc) is 3.21. The van der Waals surface area contributed by atoms with Crippen LogP contribution in [-0.4, -0.2) is 32.2 Å². The second-order valence-electron chi connectivity index (χ2n) is 6.18. The molecule has 148 valence electrons. The molecular formula is C19H12ClF3N4O2. The molecular weight excluding hydrogens is 409 g/mol. The van der Waals surface area contributed by atoms with Gasteiger partial charge in [0.15, 0.2) is 11.6 Å². The fourth-order valence-electron chi connectivity index (χ4n) is 3.07.